The molecular formula is C20H39N7O. The van der Waals surface area contributed by atoms with Gasteiger partial charge in [0, 0.05) is 40.2 Å². The molecule has 1 heterocycles. The van der Waals surface area contributed by atoms with Gasteiger partial charge in [-0.1, -0.05) is 46.5 Å². The van der Waals surface area contributed by atoms with Crippen LogP contribution in [0, 0.1) is 5.92 Å². The van der Waals surface area contributed by atoms with E-state index in [9.17, 15) is 4.79 Å². The smallest absolute Gasteiger partial charge is 0.243 e. The number of aliphatic imine (C=N–C) groups is 1. The molecule has 160 valence electrons. The van der Waals surface area contributed by atoms with E-state index in [1.54, 1.807) is 25.3 Å². The summed E-state index contributed by atoms with van der Waals surface area (Å²) in [5.74, 6) is 2.43. The van der Waals surface area contributed by atoms with Crippen molar-refractivity contribution in [2.24, 2.45) is 10.9 Å². The Bertz CT molecular complexity index is 581. The van der Waals surface area contributed by atoms with Gasteiger partial charge in [-0.3, -0.25) is 4.79 Å². The molecule has 0 bridgehead atoms. The number of carbonyl (C=O) groups is 1. The van der Waals surface area contributed by atoms with Crippen LogP contribution < -0.4 is 10.6 Å². The van der Waals surface area contributed by atoms with Gasteiger partial charge >= 0.3 is 0 Å². The Morgan fingerprint density at radius 3 is 2.57 bits per heavy atom. The van der Waals surface area contributed by atoms with Crippen molar-refractivity contribution in [1.82, 2.24) is 30.3 Å². The number of hydrogen-bond acceptors (Lipinski definition) is 4. The van der Waals surface area contributed by atoms with E-state index in [0.29, 0.717) is 12.5 Å². The Morgan fingerprint density at radius 2 is 1.89 bits per heavy atom. The van der Waals surface area contributed by atoms with Gasteiger partial charge in [0.05, 0.1) is 0 Å². The van der Waals surface area contributed by atoms with Crippen molar-refractivity contribution in [3.8, 4) is 0 Å². The molecule has 28 heavy (non-hydrogen) atoms. The number of unbranched alkanes of at least 4 members (excludes halogenated alkanes) is 3. The predicted octanol–water partition coefficient (Wildman–Crippen LogP) is 2.07. The molecule has 8 nitrogen and oxygen atoms in total. The zero-order valence-corrected chi connectivity index (χ0v) is 18.4. The van der Waals surface area contributed by atoms with Crippen LogP contribution in [0.1, 0.15) is 58.7 Å². The molecule has 0 unspecified atom stereocenters. The zero-order chi connectivity index (χ0) is 20.8. The van der Waals surface area contributed by atoms with E-state index in [4.69, 9.17) is 0 Å². The Morgan fingerprint density at radius 1 is 1.18 bits per heavy atom. The van der Waals surface area contributed by atoms with E-state index in [1.165, 1.54) is 25.7 Å². The number of aromatic nitrogens is 3. The lowest BCUT2D eigenvalue weighted by molar-refractivity contribution is -0.127. The lowest BCUT2D eigenvalue weighted by Gasteiger charge is -2.14. The first-order valence-electron chi connectivity index (χ1n) is 10.5. The van der Waals surface area contributed by atoms with Crippen molar-refractivity contribution in [3.05, 3.63) is 12.2 Å². The standard InChI is InChI=1S/C20H39N7O/c1-6-18-25-24-16-27(18)14-13-22-20(23-15-19(28)26(4)5)21-12-10-8-7-9-11-17(2)3/h16-17H,6-15H2,1-5H3,(H2,21,22,23). The maximum atomic E-state index is 11.8. The second-order valence-electron chi connectivity index (χ2n) is 7.70. The molecule has 2 N–H and O–H groups in total. The number of guanidine groups is 1. The summed E-state index contributed by atoms with van der Waals surface area (Å²) in [6.07, 6.45) is 8.79. The van der Waals surface area contributed by atoms with Gasteiger partial charge in [0.1, 0.15) is 18.7 Å². The van der Waals surface area contributed by atoms with Gasteiger partial charge < -0.3 is 20.1 Å². The second kappa shape index (κ2) is 14.0. The molecule has 0 spiro atoms. The van der Waals surface area contributed by atoms with Gasteiger partial charge in [-0.25, -0.2) is 4.99 Å². The Balaban J connectivity index is 2.41. The molecule has 0 saturated carbocycles. The molecule has 1 amide bonds. The van der Waals surface area contributed by atoms with Gasteiger partial charge in [-0.05, 0) is 12.3 Å². The van der Waals surface area contributed by atoms with Crippen molar-refractivity contribution in [1.29, 1.82) is 0 Å². The molecule has 1 rings (SSSR count). The summed E-state index contributed by atoms with van der Waals surface area (Å²) in [7, 11) is 3.49. The van der Waals surface area contributed by atoms with Crippen LogP contribution in [0.4, 0.5) is 0 Å². The zero-order valence-electron chi connectivity index (χ0n) is 18.4. The molecule has 0 aliphatic heterocycles. The van der Waals surface area contributed by atoms with Gasteiger partial charge in [-0.2, -0.15) is 0 Å². The minimum atomic E-state index is -0.0122. The Hall–Kier alpha value is -2.12. The average molecular weight is 394 g/mol. The summed E-state index contributed by atoms with van der Waals surface area (Å²) in [5.41, 5.74) is 0. The van der Waals surface area contributed by atoms with E-state index >= 15 is 0 Å². The van der Waals surface area contributed by atoms with Crippen LogP contribution in [0.15, 0.2) is 11.3 Å². The summed E-state index contributed by atoms with van der Waals surface area (Å²) in [6, 6.07) is 0. The molecule has 0 radical (unpaired) electrons. The Labute approximate surface area is 170 Å². The van der Waals surface area contributed by atoms with Gasteiger partial charge in [0.25, 0.3) is 0 Å². The van der Waals surface area contributed by atoms with Crippen molar-refractivity contribution in [2.45, 2.75) is 65.8 Å². The summed E-state index contributed by atoms with van der Waals surface area (Å²) in [6.45, 7) is 9.06. The molecule has 0 aliphatic carbocycles. The number of nitrogens with zero attached hydrogens (tertiary/aromatic N) is 5. The fourth-order valence-electron chi connectivity index (χ4n) is 2.73. The van der Waals surface area contributed by atoms with E-state index in [0.717, 1.165) is 37.7 Å². The van der Waals surface area contributed by atoms with Crippen LogP contribution in [0.3, 0.4) is 0 Å². The molecule has 0 fully saturated rings. The van der Waals surface area contributed by atoms with Crippen LogP contribution >= 0.6 is 0 Å². The number of amides is 1. The van der Waals surface area contributed by atoms with Crippen molar-refractivity contribution >= 4 is 11.9 Å². The monoisotopic (exact) mass is 393 g/mol. The third kappa shape index (κ3) is 10.3. The quantitative estimate of drug-likeness (QED) is 0.304. The summed E-state index contributed by atoms with van der Waals surface area (Å²) >= 11 is 0. The van der Waals surface area contributed by atoms with Crippen molar-refractivity contribution in [3.63, 3.8) is 0 Å². The van der Waals surface area contributed by atoms with Crippen LogP contribution in [-0.2, 0) is 17.8 Å². The topological polar surface area (TPSA) is 87.4 Å². The maximum absolute atomic E-state index is 11.8. The fourth-order valence-corrected chi connectivity index (χ4v) is 2.73. The highest BCUT2D eigenvalue weighted by atomic mass is 16.2. The van der Waals surface area contributed by atoms with Crippen LogP contribution in [0.25, 0.3) is 0 Å². The van der Waals surface area contributed by atoms with Crippen molar-refractivity contribution < 1.29 is 4.79 Å². The molecule has 0 atom stereocenters. The number of aryl methyl sites for hydroxylation is 1. The first kappa shape index (κ1) is 23.9. The van der Waals surface area contributed by atoms with Crippen LogP contribution in [-0.4, -0.2) is 65.3 Å². The fraction of sp³-hybridized carbons (Fsp3) is 0.800. The largest absolute Gasteiger partial charge is 0.356 e. The predicted molar refractivity (Wildman–Crippen MR) is 114 cm³/mol. The highest BCUT2D eigenvalue weighted by molar-refractivity contribution is 5.84. The Kier molecular flexibility index (Phi) is 11.9. The molecular weight excluding hydrogens is 354 g/mol. The first-order chi connectivity index (χ1) is 13.4. The minimum absolute atomic E-state index is 0.0122. The normalized spacial score (nSPS) is 11.7. The number of carbonyl (C=O) groups excluding carboxylic acids is 1. The average Bonchev–Trinajstić information content (AvgIpc) is 3.11. The van der Waals surface area contributed by atoms with Crippen LogP contribution in [0.5, 0.6) is 0 Å². The van der Waals surface area contributed by atoms with E-state index in [1.807, 2.05) is 4.57 Å². The molecule has 1 aromatic rings. The maximum Gasteiger partial charge on any atom is 0.243 e. The molecule has 0 aromatic carbocycles. The number of likely N-dealkylation sites (N-methyl/N-ethyl adjacent to an activating group) is 1. The first-order valence-corrected chi connectivity index (χ1v) is 10.5. The molecule has 0 saturated heterocycles. The minimum Gasteiger partial charge on any atom is -0.356 e. The van der Waals surface area contributed by atoms with Gasteiger partial charge in [-0.15, -0.1) is 10.2 Å². The number of hydrogen-bond donors (Lipinski definition) is 2. The molecule has 1 aromatic heterocycles. The molecule has 8 heteroatoms. The van der Waals surface area contributed by atoms with Crippen LogP contribution in [0.2, 0.25) is 0 Å². The third-order valence-corrected chi connectivity index (χ3v) is 4.53. The van der Waals surface area contributed by atoms with E-state index < -0.39 is 0 Å². The highest BCUT2D eigenvalue weighted by Crippen LogP contribution is 2.08. The molecule has 0 aliphatic rings. The number of nitrogens with one attached hydrogen (secondary N) is 2. The summed E-state index contributed by atoms with van der Waals surface area (Å²) in [5, 5.41) is 14.7. The van der Waals surface area contributed by atoms with Gasteiger partial charge in [0.15, 0.2) is 5.96 Å². The summed E-state index contributed by atoms with van der Waals surface area (Å²) < 4.78 is 2.03. The lowest BCUT2D eigenvalue weighted by atomic mass is 10.0. The van der Waals surface area contributed by atoms with Gasteiger partial charge in [0.2, 0.25) is 5.91 Å². The van der Waals surface area contributed by atoms with E-state index in [2.05, 4.69) is 46.6 Å². The lowest BCUT2D eigenvalue weighted by Crippen LogP contribution is -2.40. The second-order valence-corrected chi connectivity index (χ2v) is 7.70. The summed E-state index contributed by atoms with van der Waals surface area (Å²) in [4.78, 5) is 17.8. The number of rotatable bonds is 13. The highest BCUT2D eigenvalue weighted by Gasteiger charge is 2.06. The SMILES string of the molecule is CCc1nncn1CCNC(=NCC(=O)N(C)C)NCCCCCCC(C)C. The van der Waals surface area contributed by atoms with E-state index in [-0.39, 0.29) is 12.5 Å². The van der Waals surface area contributed by atoms with Crippen molar-refractivity contribution in [2.75, 3.05) is 33.7 Å². The third-order valence-electron chi connectivity index (χ3n) is 4.53.